The molecule has 9 heteroatoms. The van der Waals surface area contributed by atoms with Crippen LogP contribution in [-0.4, -0.2) is 25.7 Å². The van der Waals surface area contributed by atoms with Gasteiger partial charge in [0, 0.05) is 24.1 Å². The average Bonchev–Trinajstić information content (AvgIpc) is 2.80. The molecule has 0 saturated heterocycles. The van der Waals surface area contributed by atoms with E-state index in [4.69, 9.17) is 16.4 Å². The van der Waals surface area contributed by atoms with Gasteiger partial charge in [0.25, 0.3) is 0 Å². The van der Waals surface area contributed by atoms with Gasteiger partial charge in [-0.2, -0.15) is 9.36 Å². The Hall–Kier alpha value is -2.19. The topological polar surface area (TPSA) is 91.0 Å². The fraction of sp³-hybridized carbons (Fsp3) is 0.333. The van der Waals surface area contributed by atoms with E-state index in [-0.39, 0.29) is 12.5 Å². The molecule has 0 saturated carbocycles. The molecule has 1 amide bonds. The van der Waals surface area contributed by atoms with Gasteiger partial charge in [0.2, 0.25) is 5.91 Å². The van der Waals surface area contributed by atoms with Crippen molar-refractivity contribution < 1.29 is 9.63 Å². The minimum atomic E-state index is -0.406. The van der Waals surface area contributed by atoms with Gasteiger partial charge < -0.3 is 0 Å². The molecule has 112 valence electrons. The molecule has 0 unspecified atom stereocenters. The number of carbonyl (C=O) groups excluding carboxylic acids is 1. The molecule has 2 rings (SSSR count). The SMILES string of the molecule is CCC(=O)NOCc1c(Cl)cccc1-n1nnn(C)c1=O. The van der Waals surface area contributed by atoms with Crippen LogP contribution >= 0.6 is 11.6 Å². The predicted molar refractivity (Wildman–Crippen MR) is 74.8 cm³/mol. The van der Waals surface area contributed by atoms with Crippen molar-refractivity contribution in [3.63, 3.8) is 0 Å². The molecule has 0 aliphatic carbocycles. The molecular formula is C12H14ClN5O3. The summed E-state index contributed by atoms with van der Waals surface area (Å²) in [5.41, 5.74) is 2.85. The first-order valence-corrected chi connectivity index (χ1v) is 6.59. The highest BCUT2D eigenvalue weighted by Gasteiger charge is 2.14. The Kier molecular flexibility index (Phi) is 4.71. The maximum absolute atomic E-state index is 11.9. The first-order valence-electron chi connectivity index (χ1n) is 6.22. The van der Waals surface area contributed by atoms with Gasteiger partial charge in [0.1, 0.15) is 6.61 Å². The van der Waals surface area contributed by atoms with Crippen LogP contribution in [0.4, 0.5) is 0 Å². The van der Waals surface area contributed by atoms with Gasteiger partial charge in [-0.05, 0) is 22.6 Å². The molecule has 0 fully saturated rings. The van der Waals surface area contributed by atoms with Crippen molar-refractivity contribution in [2.24, 2.45) is 7.05 Å². The standard InChI is InChI=1S/C12H14ClN5O3/c1-3-11(19)14-21-7-8-9(13)5-4-6-10(8)18-12(20)17(2)15-16-18/h4-6H,3,7H2,1-2H3,(H,14,19). The van der Waals surface area contributed by atoms with Gasteiger partial charge in [0.05, 0.1) is 5.69 Å². The van der Waals surface area contributed by atoms with Crippen molar-refractivity contribution in [2.45, 2.75) is 20.0 Å². The van der Waals surface area contributed by atoms with Crippen molar-refractivity contribution in [3.8, 4) is 5.69 Å². The number of halogens is 1. The molecule has 1 heterocycles. The quantitative estimate of drug-likeness (QED) is 0.816. The lowest BCUT2D eigenvalue weighted by atomic mass is 10.2. The fourth-order valence-electron chi connectivity index (χ4n) is 1.61. The predicted octanol–water partition coefficient (Wildman–Crippen LogP) is 0.577. The van der Waals surface area contributed by atoms with Crippen molar-refractivity contribution in [1.82, 2.24) is 25.3 Å². The summed E-state index contributed by atoms with van der Waals surface area (Å²) in [4.78, 5) is 28.2. The molecule has 1 aromatic heterocycles. The summed E-state index contributed by atoms with van der Waals surface area (Å²) in [6.45, 7) is 1.71. The smallest absolute Gasteiger partial charge is 0.273 e. The van der Waals surface area contributed by atoms with Crippen molar-refractivity contribution >= 4 is 17.5 Å². The van der Waals surface area contributed by atoms with E-state index in [9.17, 15) is 9.59 Å². The highest BCUT2D eigenvalue weighted by Crippen LogP contribution is 2.22. The Morgan fingerprint density at radius 1 is 1.43 bits per heavy atom. The first-order chi connectivity index (χ1) is 10.0. The van der Waals surface area contributed by atoms with Gasteiger partial charge in [-0.3, -0.25) is 9.63 Å². The Labute approximate surface area is 125 Å². The third-order valence-electron chi connectivity index (χ3n) is 2.77. The second kappa shape index (κ2) is 6.51. The molecule has 2 aromatic rings. The van der Waals surface area contributed by atoms with Crippen molar-refractivity contribution in [2.75, 3.05) is 0 Å². The molecular weight excluding hydrogens is 298 g/mol. The summed E-state index contributed by atoms with van der Waals surface area (Å²) in [6.07, 6.45) is 0.305. The van der Waals surface area contributed by atoms with Crippen LogP contribution in [0.1, 0.15) is 18.9 Å². The van der Waals surface area contributed by atoms with Crippen LogP contribution in [-0.2, 0) is 23.3 Å². The summed E-state index contributed by atoms with van der Waals surface area (Å²) in [7, 11) is 1.49. The average molecular weight is 312 g/mol. The van der Waals surface area contributed by atoms with Crippen LogP contribution in [0.2, 0.25) is 5.02 Å². The van der Waals surface area contributed by atoms with E-state index in [0.29, 0.717) is 22.7 Å². The highest BCUT2D eigenvalue weighted by molar-refractivity contribution is 6.31. The molecule has 0 spiro atoms. The minimum Gasteiger partial charge on any atom is -0.273 e. The Morgan fingerprint density at radius 2 is 2.19 bits per heavy atom. The number of tetrazole rings is 1. The third kappa shape index (κ3) is 3.29. The second-order valence-electron chi connectivity index (χ2n) is 4.20. The van der Waals surface area contributed by atoms with Crippen molar-refractivity contribution in [1.29, 1.82) is 0 Å². The zero-order valence-electron chi connectivity index (χ0n) is 11.5. The maximum atomic E-state index is 11.9. The lowest BCUT2D eigenvalue weighted by molar-refractivity contribution is -0.134. The van der Waals surface area contributed by atoms with Crippen LogP contribution < -0.4 is 11.2 Å². The number of rotatable bonds is 5. The van der Waals surface area contributed by atoms with E-state index in [1.807, 2.05) is 0 Å². The van der Waals surface area contributed by atoms with Gasteiger partial charge in [-0.25, -0.2) is 10.3 Å². The Balaban J connectivity index is 2.30. The van der Waals surface area contributed by atoms with Crippen LogP contribution in [0.3, 0.4) is 0 Å². The number of hydrogen-bond donors (Lipinski definition) is 1. The molecule has 0 bridgehead atoms. The molecule has 0 atom stereocenters. The number of nitrogens with one attached hydrogen (secondary N) is 1. The molecule has 1 aromatic carbocycles. The van der Waals surface area contributed by atoms with Crippen LogP contribution in [0.15, 0.2) is 23.0 Å². The summed E-state index contributed by atoms with van der Waals surface area (Å²) in [6, 6.07) is 5.02. The number of hydroxylamine groups is 1. The molecule has 0 aliphatic heterocycles. The number of aryl methyl sites for hydroxylation is 1. The summed E-state index contributed by atoms with van der Waals surface area (Å²) in [5, 5.41) is 7.81. The van der Waals surface area contributed by atoms with Crippen LogP contribution in [0.5, 0.6) is 0 Å². The number of benzene rings is 1. The molecule has 1 N–H and O–H groups in total. The second-order valence-corrected chi connectivity index (χ2v) is 4.61. The van der Waals surface area contributed by atoms with E-state index in [1.54, 1.807) is 25.1 Å². The number of carbonyl (C=O) groups is 1. The van der Waals surface area contributed by atoms with E-state index >= 15 is 0 Å². The van der Waals surface area contributed by atoms with Gasteiger partial charge >= 0.3 is 5.69 Å². The van der Waals surface area contributed by atoms with E-state index < -0.39 is 5.69 Å². The van der Waals surface area contributed by atoms with Crippen LogP contribution in [0, 0.1) is 0 Å². The van der Waals surface area contributed by atoms with E-state index in [2.05, 4.69) is 15.9 Å². The summed E-state index contributed by atoms with van der Waals surface area (Å²) >= 11 is 6.12. The number of amides is 1. The minimum absolute atomic E-state index is 0.00373. The molecule has 0 aliphatic rings. The first kappa shape index (κ1) is 15.2. The number of hydrogen-bond acceptors (Lipinski definition) is 5. The normalized spacial score (nSPS) is 10.6. The molecule has 0 radical (unpaired) electrons. The number of nitrogens with zero attached hydrogens (tertiary/aromatic N) is 4. The monoisotopic (exact) mass is 311 g/mol. The van der Waals surface area contributed by atoms with Gasteiger partial charge in [0.15, 0.2) is 0 Å². The highest BCUT2D eigenvalue weighted by atomic mass is 35.5. The summed E-state index contributed by atoms with van der Waals surface area (Å²) < 4.78 is 2.22. The van der Waals surface area contributed by atoms with Gasteiger partial charge in [-0.15, -0.1) is 0 Å². The Bertz CT molecular complexity index is 709. The molecule has 8 nitrogen and oxygen atoms in total. The maximum Gasteiger partial charge on any atom is 0.368 e. The van der Waals surface area contributed by atoms with Gasteiger partial charge in [-0.1, -0.05) is 24.6 Å². The van der Waals surface area contributed by atoms with Crippen molar-refractivity contribution in [3.05, 3.63) is 39.3 Å². The largest absolute Gasteiger partial charge is 0.368 e. The Morgan fingerprint density at radius 3 is 2.81 bits per heavy atom. The lowest BCUT2D eigenvalue weighted by Gasteiger charge is -2.10. The van der Waals surface area contributed by atoms with E-state index in [1.165, 1.54) is 7.05 Å². The fourth-order valence-corrected chi connectivity index (χ4v) is 1.84. The third-order valence-corrected chi connectivity index (χ3v) is 3.12. The molecule has 21 heavy (non-hydrogen) atoms. The lowest BCUT2D eigenvalue weighted by Crippen LogP contribution is -2.25. The van der Waals surface area contributed by atoms with E-state index in [0.717, 1.165) is 9.36 Å². The zero-order chi connectivity index (χ0) is 15.4. The van der Waals surface area contributed by atoms with Crippen LogP contribution in [0.25, 0.3) is 5.69 Å². The number of aromatic nitrogens is 4. The summed E-state index contributed by atoms with van der Waals surface area (Å²) in [5.74, 6) is -0.250. The zero-order valence-corrected chi connectivity index (χ0v) is 12.3.